The highest BCUT2D eigenvalue weighted by molar-refractivity contribution is 6.10. The Morgan fingerprint density at radius 1 is 1.17 bits per heavy atom. The molecular formula is C14H11NO3. The summed E-state index contributed by atoms with van der Waals surface area (Å²) >= 11 is 0. The number of fused-ring (bicyclic) bond motifs is 4. The Kier molecular flexibility index (Phi) is 1.78. The summed E-state index contributed by atoms with van der Waals surface area (Å²) in [6, 6.07) is 10.1. The van der Waals surface area contributed by atoms with Crippen molar-refractivity contribution in [2.45, 2.75) is 0 Å². The lowest BCUT2D eigenvalue weighted by molar-refractivity contribution is 0.171. The van der Waals surface area contributed by atoms with Gasteiger partial charge >= 0.3 is 0 Å². The van der Waals surface area contributed by atoms with Crippen LogP contribution in [0.15, 0.2) is 30.3 Å². The molecule has 2 heterocycles. The minimum absolute atomic E-state index is 0.246. The highest BCUT2D eigenvalue weighted by Gasteiger charge is 2.23. The van der Waals surface area contributed by atoms with E-state index in [1.807, 2.05) is 24.3 Å². The quantitative estimate of drug-likeness (QED) is 0.712. The van der Waals surface area contributed by atoms with E-state index in [1.54, 1.807) is 7.11 Å². The fraction of sp³-hybridized carbons (Fsp3) is 0.143. The number of ether oxygens (including phenoxy) is 3. The molecule has 0 unspecified atom stereocenters. The van der Waals surface area contributed by atoms with Crippen LogP contribution in [0.3, 0.4) is 0 Å². The molecule has 1 aliphatic rings. The number of para-hydroxylation sites is 1. The van der Waals surface area contributed by atoms with Crippen LogP contribution in [-0.2, 0) is 0 Å². The maximum atomic E-state index is 5.46. The molecule has 0 bridgehead atoms. The van der Waals surface area contributed by atoms with Gasteiger partial charge in [0.2, 0.25) is 12.5 Å². The van der Waals surface area contributed by atoms with E-state index in [9.17, 15) is 0 Å². The Bertz CT molecular complexity index is 760. The first-order chi connectivity index (χ1) is 8.88. The lowest BCUT2D eigenvalue weighted by Gasteiger charge is -2.05. The zero-order valence-electron chi connectivity index (χ0n) is 9.82. The van der Waals surface area contributed by atoms with Gasteiger partial charge in [-0.2, -0.15) is 0 Å². The van der Waals surface area contributed by atoms with Crippen molar-refractivity contribution in [3.8, 4) is 17.2 Å². The number of benzene rings is 2. The van der Waals surface area contributed by atoms with Crippen molar-refractivity contribution in [2.24, 2.45) is 0 Å². The van der Waals surface area contributed by atoms with Gasteiger partial charge < -0.3 is 19.2 Å². The third kappa shape index (κ3) is 1.09. The van der Waals surface area contributed by atoms with E-state index in [0.717, 1.165) is 27.6 Å². The van der Waals surface area contributed by atoms with E-state index in [4.69, 9.17) is 14.2 Å². The average molecular weight is 241 g/mol. The molecule has 2 aromatic carbocycles. The van der Waals surface area contributed by atoms with Crippen LogP contribution in [0.1, 0.15) is 0 Å². The summed E-state index contributed by atoms with van der Waals surface area (Å²) < 4.78 is 16.4. The van der Waals surface area contributed by atoms with Crippen LogP contribution in [0, 0.1) is 0 Å². The Hall–Kier alpha value is -2.36. The molecule has 0 saturated carbocycles. The van der Waals surface area contributed by atoms with E-state index in [-0.39, 0.29) is 6.79 Å². The maximum absolute atomic E-state index is 5.46. The fourth-order valence-electron chi connectivity index (χ4n) is 2.51. The minimum atomic E-state index is 0.246. The highest BCUT2D eigenvalue weighted by atomic mass is 16.7. The highest BCUT2D eigenvalue weighted by Crippen LogP contribution is 2.47. The normalized spacial score (nSPS) is 13.4. The second kappa shape index (κ2) is 3.32. The molecule has 3 aromatic rings. The number of rotatable bonds is 1. The predicted molar refractivity (Wildman–Crippen MR) is 68.5 cm³/mol. The summed E-state index contributed by atoms with van der Waals surface area (Å²) in [6.45, 7) is 0.246. The molecular weight excluding hydrogens is 230 g/mol. The molecule has 0 atom stereocenters. The van der Waals surface area contributed by atoms with Crippen molar-refractivity contribution < 1.29 is 14.2 Å². The lowest BCUT2D eigenvalue weighted by atomic mass is 10.1. The molecule has 4 nitrogen and oxygen atoms in total. The third-order valence-electron chi connectivity index (χ3n) is 3.30. The molecule has 1 aromatic heterocycles. The summed E-state index contributed by atoms with van der Waals surface area (Å²) in [4.78, 5) is 3.37. The molecule has 0 radical (unpaired) electrons. The van der Waals surface area contributed by atoms with Crippen LogP contribution < -0.4 is 14.2 Å². The standard InChI is InChI=1S/C14H11NO3/c1-16-14-12-9(6-11-13(14)18-7-17-11)8-4-2-3-5-10(8)15-12/h2-6,15H,7H2,1H3. The van der Waals surface area contributed by atoms with E-state index < -0.39 is 0 Å². The van der Waals surface area contributed by atoms with Crippen LogP contribution >= 0.6 is 0 Å². The van der Waals surface area contributed by atoms with Gasteiger partial charge in [-0.3, -0.25) is 0 Å². The maximum Gasteiger partial charge on any atom is 0.231 e. The summed E-state index contributed by atoms with van der Waals surface area (Å²) in [6.07, 6.45) is 0. The SMILES string of the molecule is COc1c2c(cc3c1[nH]c1ccccc13)OCO2. The molecule has 0 amide bonds. The number of hydrogen-bond donors (Lipinski definition) is 1. The first-order valence-electron chi connectivity index (χ1n) is 5.75. The number of aromatic amines is 1. The Balaban J connectivity index is 2.21. The molecule has 1 N–H and O–H groups in total. The second-order valence-corrected chi connectivity index (χ2v) is 4.24. The van der Waals surface area contributed by atoms with Crippen LogP contribution in [0.4, 0.5) is 0 Å². The van der Waals surface area contributed by atoms with E-state index in [0.29, 0.717) is 11.5 Å². The van der Waals surface area contributed by atoms with Gasteiger partial charge in [0, 0.05) is 16.3 Å². The summed E-state index contributed by atoms with van der Waals surface area (Å²) in [5, 5.41) is 2.25. The van der Waals surface area contributed by atoms with Gasteiger partial charge in [0.25, 0.3) is 0 Å². The number of methoxy groups -OCH3 is 1. The Labute approximate surface area is 103 Å². The summed E-state index contributed by atoms with van der Waals surface area (Å²) in [5.41, 5.74) is 2.03. The number of H-pyrrole nitrogens is 1. The number of aromatic nitrogens is 1. The summed E-state index contributed by atoms with van der Waals surface area (Å²) in [5.74, 6) is 2.12. The monoisotopic (exact) mass is 241 g/mol. The second-order valence-electron chi connectivity index (χ2n) is 4.24. The molecule has 4 rings (SSSR count). The van der Waals surface area contributed by atoms with Crippen LogP contribution in [0.25, 0.3) is 21.8 Å². The molecule has 18 heavy (non-hydrogen) atoms. The van der Waals surface area contributed by atoms with Crippen molar-refractivity contribution in [1.82, 2.24) is 4.98 Å². The van der Waals surface area contributed by atoms with Crippen molar-refractivity contribution in [2.75, 3.05) is 13.9 Å². The molecule has 90 valence electrons. The third-order valence-corrected chi connectivity index (χ3v) is 3.30. The van der Waals surface area contributed by atoms with Crippen molar-refractivity contribution in [1.29, 1.82) is 0 Å². The van der Waals surface area contributed by atoms with Crippen molar-refractivity contribution >= 4 is 21.8 Å². The Morgan fingerprint density at radius 2 is 2.06 bits per heavy atom. The minimum Gasteiger partial charge on any atom is -0.491 e. The number of nitrogens with one attached hydrogen (secondary N) is 1. The Morgan fingerprint density at radius 3 is 2.94 bits per heavy atom. The van der Waals surface area contributed by atoms with Gasteiger partial charge in [-0.15, -0.1) is 0 Å². The molecule has 4 heteroatoms. The first-order valence-corrected chi connectivity index (χ1v) is 5.75. The van der Waals surface area contributed by atoms with Crippen molar-refractivity contribution in [3.63, 3.8) is 0 Å². The smallest absolute Gasteiger partial charge is 0.231 e. The first kappa shape index (κ1) is 9.65. The molecule has 0 aliphatic carbocycles. The van der Waals surface area contributed by atoms with Crippen LogP contribution in [0.5, 0.6) is 17.2 Å². The molecule has 1 aliphatic heterocycles. The zero-order valence-corrected chi connectivity index (χ0v) is 9.82. The lowest BCUT2D eigenvalue weighted by Crippen LogP contribution is -1.94. The van der Waals surface area contributed by atoms with Gasteiger partial charge in [0.1, 0.15) is 0 Å². The van der Waals surface area contributed by atoms with E-state index in [2.05, 4.69) is 11.1 Å². The van der Waals surface area contributed by atoms with Gasteiger partial charge in [0.15, 0.2) is 11.5 Å². The van der Waals surface area contributed by atoms with E-state index >= 15 is 0 Å². The molecule has 0 fully saturated rings. The number of hydrogen-bond acceptors (Lipinski definition) is 3. The molecule has 0 spiro atoms. The predicted octanol–water partition coefficient (Wildman–Crippen LogP) is 3.06. The van der Waals surface area contributed by atoms with Crippen molar-refractivity contribution in [3.05, 3.63) is 30.3 Å². The summed E-state index contributed by atoms with van der Waals surface area (Å²) in [7, 11) is 1.64. The van der Waals surface area contributed by atoms with Gasteiger partial charge in [-0.05, 0) is 12.1 Å². The fourth-order valence-corrected chi connectivity index (χ4v) is 2.51. The van der Waals surface area contributed by atoms with E-state index in [1.165, 1.54) is 0 Å². The van der Waals surface area contributed by atoms with Crippen LogP contribution in [-0.4, -0.2) is 18.9 Å². The largest absolute Gasteiger partial charge is 0.491 e. The van der Waals surface area contributed by atoms with Gasteiger partial charge in [-0.25, -0.2) is 0 Å². The van der Waals surface area contributed by atoms with Gasteiger partial charge in [-0.1, -0.05) is 18.2 Å². The molecule has 0 saturated heterocycles. The van der Waals surface area contributed by atoms with Crippen LogP contribution in [0.2, 0.25) is 0 Å². The topological polar surface area (TPSA) is 43.5 Å². The zero-order chi connectivity index (χ0) is 12.1. The van der Waals surface area contributed by atoms with Gasteiger partial charge in [0.05, 0.1) is 12.6 Å². The average Bonchev–Trinajstić information content (AvgIpc) is 2.99.